The van der Waals surface area contributed by atoms with Gasteiger partial charge in [0.1, 0.15) is 16.4 Å². The van der Waals surface area contributed by atoms with Gasteiger partial charge in [-0.05, 0) is 24.3 Å². The van der Waals surface area contributed by atoms with Crippen LogP contribution in [0.25, 0.3) is 0 Å². The number of nitrogens with one attached hydrogen (secondary N) is 1. The fourth-order valence-corrected chi connectivity index (χ4v) is 2.93. The highest BCUT2D eigenvalue weighted by Crippen LogP contribution is 2.26. The summed E-state index contributed by atoms with van der Waals surface area (Å²) in [6, 6.07) is 11.4. The Kier molecular flexibility index (Phi) is 5.42. The van der Waals surface area contributed by atoms with Crippen molar-refractivity contribution < 1.29 is 22.7 Å². The van der Waals surface area contributed by atoms with Crippen molar-refractivity contribution in [1.82, 2.24) is 0 Å². The average Bonchev–Trinajstić information content (AvgIpc) is 2.54. The van der Waals surface area contributed by atoms with Crippen molar-refractivity contribution in [2.45, 2.75) is 11.3 Å². The van der Waals surface area contributed by atoms with Crippen LogP contribution in [-0.2, 0) is 21.2 Å². The van der Waals surface area contributed by atoms with E-state index in [1.165, 1.54) is 32.4 Å². The van der Waals surface area contributed by atoms with E-state index in [4.69, 9.17) is 14.6 Å². The van der Waals surface area contributed by atoms with Gasteiger partial charge in [0.05, 0.1) is 20.6 Å². The summed E-state index contributed by atoms with van der Waals surface area (Å²) in [5.74, 6) is 0.401. The minimum atomic E-state index is -3.97. The molecule has 2 aromatic rings. The van der Waals surface area contributed by atoms with E-state index in [9.17, 15) is 13.2 Å². The minimum Gasteiger partial charge on any atom is -0.496 e. The van der Waals surface area contributed by atoms with Gasteiger partial charge in [-0.1, -0.05) is 18.2 Å². The molecule has 0 fully saturated rings. The molecular formula is C16H18N2O5S. The van der Waals surface area contributed by atoms with Crippen LogP contribution >= 0.6 is 0 Å². The standard InChI is InChI=1S/C16H18N2O5S/c1-22-13-6-4-3-5-11(13)9-16(19)18-12-7-8-14(23-2)15(10-12)24(17,20)21/h3-8,10H,9H2,1-2H3,(H,18,19)(H2,17,20,21). The van der Waals surface area contributed by atoms with Crippen LogP contribution in [0.4, 0.5) is 5.69 Å². The molecule has 0 heterocycles. The van der Waals surface area contributed by atoms with E-state index in [2.05, 4.69) is 5.32 Å². The van der Waals surface area contributed by atoms with Gasteiger partial charge in [-0.15, -0.1) is 0 Å². The number of rotatable bonds is 6. The lowest BCUT2D eigenvalue weighted by Gasteiger charge is -2.11. The molecule has 128 valence electrons. The quantitative estimate of drug-likeness (QED) is 0.821. The maximum absolute atomic E-state index is 12.2. The number of ether oxygens (including phenoxy) is 2. The van der Waals surface area contributed by atoms with E-state index >= 15 is 0 Å². The summed E-state index contributed by atoms with van der Waals surface area (Å²) in [5.41, 5.74) is 1.03. The second-order valence-corrected chi connectivity index (χ2v) is 6.48. The maximum atomic E-state index is 12.2. The molecule has 0 saturated carbocycles. The molecule has 24 heavy (non-hydrogen) atoms. The summed E-state index contributed by atoms with van der Waals surface area (Å²) in [5, 5.41) is 7.79. The van der Waals surface area contributed by atoms with Gasteiger partial charge in [-0.25, -0.2) is 13.6 Å². The number of primary sulfonamides is 1. The van der Waals surface area contributed by atoms with E-state index in [1.54, 1.807) is 18.2 Å². The van der Waals surface area contributed by atoms with Gasteiger partial charge in [0.15, 0.2) is 0 Å². The third kappa shape index (κ3) is 4.24. The number of anilines is 1. The normalized spacial score (nSPS) is 11.0. The summed E-state index contributed by atoms with van der Waals surface area (Å²) in [6.07, 6.45) is 0.0841. The van der Waals surface area contributed by atoms with Gasteiger partial charge in [-0.3, -0.25) is 4.79 Å². The lowest BCUT2D eigenvalue weighted by atomic mass is 10.1. The number of methoxy groups -OCH3 is 2. The second-order valence-electron chi connectivity index (χ2n) is 4.95. The van der Waals surface area contributed by atoms with Gasteiger partial charge in [0.2, 0.25) is 15.9 Å². The van der Waals surface area contributed by atoms with E-state index in [-0.39, 0.29) is 23.0 Å². The molecule has 0 unspecified atom stereocenters. The second kappa shape index (κ2) is 7.33. The summed E-state index contributed by atoms with van der Waals surface area (Å²) in [7, 11) is -1.11. The SMILES string of the molecule is COc1ccccc1CC(=O)Nc1ccc(OC)c(S(N)(=O)=O)c1. The van der Waals surface area contributed by atoms with Crippen LogP contribution in [-0.4, -0.2) is 28.5 Å². The van der Waals surface area contributed by atoms with E-state index < -0.39 is 10.0 Å². The number of amides is 1. The number of sulfonamides is 1. The Hall–Kier alpha value is -2.58. The summed E-state index contributed by atoms with van der Waals surface area (Å²) < 4.78 is 33.4. The van der Waals surface area contributed by atoms with Gasteiger partial charge >= 0.3 is 0 Å². The molecular weight excluding hydrogens is 332 g/mol. The fourth-order valence-electron chi connectivity index (χ4n) is 2.20. The van der Waals surface area contributed by atoms with Gasteiger partial charge in [0.25, 0.3) is 0 Å². The van der Waals surface area contributed by atoms with Crippen LogP contribution in [0.15, 0.2) is 47.4 Å². The largest absolute Gasteiger partial charge is 0.496 e. The molecule has 0 aliphatic carbocycles. The molecule has 0 spiro atoms. The number of hydrogen-bond acceptors (Lipinski definition) is 5. The van der Waals surface area contributed by atoms with Gasteiger partial charge in [-0.2, -0.15) is 0 Å². The van der Waals surface area contributed by atoms with Crippen molar-refractivity contribution in [3.8, 4) is 11.5 Å². The third-order valence-electron chi connectivity index (χ3n) is 3.30. The highest BCUT2D eigenvalue weighted by molar-refractivity contribution is 7.89. The molecule has 2 rings (SSSR count). The molecule has 0 saturated heterocycles. The van der Waals surface area contributed by atoms with Crippen LogP contribution < -0.4 is 19.9 Å². The Morgan fingerprint density at radius 3 is 2.38 bits per heavy atom. The van der Waals surface area contributed by atoms with Gasteiger partial charge in [0, 0.05) is 11.3 Å². The van der Waals surface area contributed by atoms with Crippen LogP contribution in [0.5, 0.6) is 11.5 Å². The first-order valence-corrected chi connectivity index (χ1v) is 8.52. The van der Waals surface area contributed by atoms with Crippen molar-refractivity contribution in [3.63, 3.8) is 0 Å². The highest BCUT2D eigenvalue weighted by Gasteiger charge is 2.16. The molecule has 1 amide bonds. The van der Waals surface area contributed by atoms with E-state index in [1.807, 2.05) is 6.07 Å². The number of nitrogens with two attached hydrogens (primary N) is 1. The zero-order valence-corrected chi connectivity index (χ0v) is 14.1. The number of carbonyl (C=O) groups is 1. The predicted molar refractivity (Wildman–Crippen MR) is 89.7 cm³/mol. The first-order chi connectivity index (χ1) is 11.3. The molecule has 0 radical (unpaired) electrons. The molecule has 3 N–H and O–H groups in total. The molecule has 0 bridgehead atoms. The molecule has 7 nitrogen and oxygen atoms in total. The number of hydrogen-bond donors (Lipinski definition) is 2. The van der Waals surface area contributed by atoms with Crippen molar-refractivity contribution in [1.29, 1.82) is 0 Å². The van der Waals surface area contributed by atoms with E-state index in [0.29, 0.717) is 11.4 Å². The minimum absolute atomic E-state index is 0.0841. The molecule has 0 aliphatic heterocycles. The zero-order valence-electron chi connectivity index (χ0n) is 13.3. The lowest BCUT2D eigenvalue weighted by Crippen LogP contribution is -2.17. The van der Waals surface area contributed by atoms with Crippen molar-refractivity contribution in [2.75, 3.05) is 19.5 Å². The Balaban J connectivity index is 2.20. The van der Waals surface area contributed by atoms with Crippen molar-refractivity contribution in [2.24, 2.45) is 5.14 Å². The average molecular weight is 350 g/mol. The third-order valence-corrected chi connectivity index (χ3v) is 4.23. The van der Waals surface area contributed by atoms with Crippen molar-refractivity contribution in [3.05, 3.63) is 48.0 Å². The molecule has 8 heteroatoms. The molecule has 0 aromatic heterocycles. The maximum Gasteiger partial charge on any atom is 0.241 e. The number of para-hydroxylation sites is 1. The molecule has 0 aliphatic rings. The van der Waals surface area contributed by atoms with Crippen molar-refractivity contribution >= 4 is 21.6 Å². The topological polar surface area (TPSA) is 108 Å². The van der Waals surface area contributed by atoms with Crippen LogP contribution in [0.2, 0.25) is 0 Å². The van der Waals surface area contributed by atoms with Gasteiger partial charge < -0.3 is 14.8 Å². The summed E-state index contributed by atoms with van der Waals surface area (Å²) >= 11 is 0. The molecule has 0 atom stereocenters. The predicted octanol–water partition coefficient (Wildman–Crippen LogP) is 1.53. The smallest absolute Gasteiger partial charge is 0.241 e. The lowest BCUT2D eigenvalue weighted by molar-refractivity contribution is -0.115. The fraction of sp³-hybridized carbons (Fsp3) is 0.188. The first-order valence-electron chi connectivity index (χ1n) is 6.97. The Morgan fingerprint density at radius 2 is 1.75 bits per heavy atom. The Morgan fingerprint density at radius 1 is 1.08 bits per heavy atom. The van der Waals surface area contributed by atoms with E-state index in [0.717, 1.165) is 5.56 Å². The first kappa shape index (κ1) is 17.8. The highest BCUT2D eigenvalue weighted by atomic mass is 32.2. The summed E-state index contributed by atoms with van der Waals surface area (Å²) in [4.78, 5) is 12.0. The summed E-state index contributed by atoms with van der Waals surface area (Å²) in [6.45, 7) is 0. The zero-order chi connectivity index (χ0) is 17.7. The Bertz CT molecular complexity index is 849. The number of carbonyl (C=O) groups excluding carboxylic acids is 1. The van der Waals surface area contributed by atoms with Crippen LogP contribution in [0.1, 0.15) is 5.56 Å². The molecule has 2 aromatic carbocycles. The monoisotopic (exact) mass is 350 g/mol. The van der Waals surface area contributed by atoms with Crippen LogP contribution in [0.3, 0.4) is 0 Å². The Labute approximate surface area is 140 Å². The van der Waals surface area contributed by atoms with Crippen LogP contribution in [0, 0.1) is 0 Å². The number of benzene rings is 2.